The van der Waals surface area contributed by atoms with E-state index in [1.807, 2.05) is 0 Å². The number of hydrogen-bond acceptors (Lipinski definition) is 3. The molecule has 0 saturated heterocycles. The number of nitrogens with one attached hydrogen (secondary N) is 2. The minimum absolute atomic E-state index is 0.389. The standard InChI is InChI=1S/C10H10N2O3/c1-5-7(15-2)4-3-6-8(5)11-10(14)12-9(6)13/h3-4H,1-2H3,(H2,11,12,13,14). The van der Waals surface area contributed by atoms with Crippen LogP contribution in [0.1, 0.15) is 5.56 Å². The zero-order chi connectivity index (χ0) is 11.0. The number of hydrogen-bond donors (Lipinski definition) is 2. The molecule has 0 spiro atoms. The molecule has 5 heteroatoms. The maximum atomic E-state index is 11.4. The fourth-order valence-electron chi connectivity index (χ4n) is 1.58. The molecular formula is C10H10N2O3. The van der Waals surface area contributed by atoms with Crippen LogP contribution in [0.4, 0.5) is 0 Å². The molecule has 0 bridgehead atoms. The summed E-state index contributed by atoms with van der Waals surface area (Å²) in [4.78, 5) is 27.3. The van der Waals surface area contributed by atoms with Crippen molar-refractivity contribution in [3.63, 3.8) is 0 Å². The summed E-state index contributed by atoms with van der Waals surface area (Å²) in [7, 11) is 1.54. The zero-order valence-corrected chi connectivity index (χ0v) is 8.38. The van der Waals surface area contributed by atoms with Crippen molar-refractivity contribution in [3.8, 4) is 5.75 Å². The van der Waals surface area contributed by atoms with E-state index in [4.69, 9.17) is 4.74 Å². The molecule has 0 radical (unpaired) electrons. The summed E-state index contributed by atoms with van der Waals surface area (Å²) in [6, 6.07) is 3.32. The van der Waals surface area contributed by atoms with Gasteiger partial charge in [-0.05, 0) is 19.1 Å². The van der Waals surface area contributed by atoms with Gasteiger partial charge in [-0.15, -0.1) is 0 Å². The van der Waals surface area contributed by atoms with Crippen LogP contribution >= 0.6 is 0 Å². The lowest BCUT2D eigenvalue weighted by molar-refractivity contribution is 0.412. The Morgan fingerprint density at radius 1 is 1.20 bits per heavy atom. The van der Waals surface area contributed by atoms with Crippen LogP contribution in [0, 0.1) is 6.92 Å². The highest BCUT2D eigenvalue weighted by Crippen LogP contribution is 2.22. The number of H-pyrrole nitrogens is 2. The van der Waals surface area contributed by atoms with Gasteiger partial charge in [-0.3, -0.25) is 9.78 Å². The third kappa shape index (κ3) is 1.41. The van der Waals surface area contributed by atoms with Gasteiger partial charge >= 0.3 is 5.69 Å². The molecule has 5 nitrogen and oxygen atoms in total. The molecule has 78 valence electrons. The van der Waals surface area contributed by atoms with Gasteiger partial charge in [0.2, 0.25) is 0 Å². The highest BCUT2D eigenvalue weighted by Gasteiger charge is 2.07. The zero-order valence-electron chi connectivity index (χ0n) is 8.38. The van der Waals surface area contributed by atoms with Gasteiger partial charge in [0.15, 0.2) is 0 Å². The Balaban J connectivity index is 2.99. The smallest absolute Gasteiger partial charge is 0.326 e. The van der Waals surface area contributed by atoms with E-state index < -0.39 is 5.69 Å². The summed E-state index contributed by atoms with van der Waals surface area (Å²) in [6.45, 7) is 1.79. The molecule has 1 heterocycles. The number of fused-ring (bicyclic) bond motifs is 1. The lowest BCUT2D eigenvalue weighted by Crippen LogP contribution is -2.22. The first-order valence-corrected chi connectivity index (χ1v) is 4.43. The number of rotatable bonds is 1. The molecule has 2 rings (SSSR count). The molecule has 0 aliphatic heterocycles. The van der Waals surface area contributed by atoms with Crippen molar-refractivity contribution in [1.82, 2.24) is 9.97 Å². The van der Waals surface area contributed by atoms with E-state index in [2.05, 4.69) is 9.97 Å². The van der Waals surface area contributed by atoms with Crippen molar-refractivity contribution in [3.05, 3.63) is 38.5 Å². The first kappa shape index (κ1) is 9.51. The Morgan fingerprint density at radius 2 is 1.93 bits per heavy atom. The number of benzene rings is 1. The third-order valence-electron chi connectivity index (χ3n) is 2.35. The van der Waals surface area contributed by atoms with Gasteiger partial charge in [0, 0.05) is 5.56 Å². The van der Waals surface area contributed by atoms with E-state index in [1.165, 1.54) is 0 Å². The average molecular weight is 206 g/mol. The Morgan fingerprint density at radius 3 is 2.60 bits per heavy atom. The van der Waals surface area contributed by atoms with Crippen LogP contribution < -0.4 is 16.0 Å². The number of aromatic amines is 2. The van der Waals surface area contributed by atoms with Crippen molar-refractivity contribution in [2.24, 2.45) is 0 Å². The lowest BCUT2D eigenvalue weighted by Gasteiger charge is -2.06. The van der Waals surface area contributed by atoms with Crippen LogP contribution in [0.5, 0.6) is 5.75 Å². The molecular weight excluding hydrogens is 196 g/mol. The molecule has 0 aliphatic rings. The van der Waals surface area contributed by atoms with Gasteiger partial charge in [0.25, 0.3) is 5.56 Å². The Kier molecular flexibility index (Phi) is 2.07. The Bertz CT molecular complexity index is 625. The molecule has 0 amide bonds. The van der Waals surface area contributed by atoms with Crippen molar-refractivity contribution in [1.29, 1.82) is 0 Å². The molecule has 0 unspecified atom stereocenters. The van der Waals surface area contributed by atoms with Gasteiger partial charge in [-0.2, -0.15) is 0 Å². The van der Waals surface area contributed by atoms with Crippen molar-refractivity contribution < 1.29 is 4.74 Å². The number of methoxy groups -OCH3 is 1. The fraction of sp³-hybridized carbons (Fsp3) is 0.200. The van der Waals surface area contributed by atoms with Crippen LogP contribution in [0.3, 0.4) is 0 Å². The van der Waals surface area contributed by atoms with Gasteiger partial charge < -0.3 is 9.72 Å². The first-order valence-electron chi connectivity index (χ1n) is 4.43. The fourth-order valence-corrected chi connectivity index (χ4v) is 1.58. The summed E-state index contributed by atoms with van der Waals surface area (Å²) >= 11 is 0. The minimum Gasteiger partial charge on any atom is -0.496 e. The molecule has 0 fully saturated rings. The van der Waals surface area contributed by atoms with Crippen LogP contribution in [0.2, 0.25) is 0 Å². The van der Waals surface area contributed by atoms with Crippen LogP contribution in [0.15, 0.2) is 21.7 Å². The Labute approximate surface area is 84.7 Å². The van der Waals surface area contributed by atoms with Crippen molar-refractivity contribution in [2.75, 3.05) is 7.11 Å². The van der Waals surface area contributed by atoms with E-state index in [-0.39, 0.29) is 5.56 Å². The topological polar surface area (TPSA) is 75.0 Å². The van der Waals surface area contributed by atoms with Crippen LogP contribution in [-0.4, -0.2) is 17.1 Å². The summed E-state index contributed by atoms with van der Waals surface area (Å²) in [6.07, 6.45) is 0. The summed E-state index contributed by atoms with van der Waals surface area (Å²) in [5.41, 5.74) is 0.365. The monoisotopic (exact) mass is 206 g/mol. The highest BCUT2D eigenvalue weighted by atomic mass is 16.5. The molecule has 15 heavy (non-hydrogen) atoms. The summed E-state index contributed by atoms with van der Waals surface area (Å²) in [5.74, 6) is 0.642. The first-order chi connectivity index (χ1) is 7.13. The van der Waals surface area contributed by atoms with E-state index in [0.29, 0.717) is 16.7 Å². The quantitative estimate of drug-likeness (QED) is 0.714. The van der Waals surface area contributed by atoms with E-state index in [0.717, 1.165) is 5.56 Å². The van der Waals surface area contributed by atoms with Gasteiger partial charge in [0.1, 0.15) is 5.75 Å². The molecule has 2 N–H and O–H groups in total. The average Bonchev–Trinajstić information content (AvgIpc) is 2.19. The highest BCUT2D eigenvalue weighted by molar-refractivity contribution is 5.82. The van der Waals surface area contributed by atoms with Crippen LogP contribution in [-0.2, 0) is 0 Å². The van der Waals surface area contributed by atoms with Crippen molar-refractivity contribution in [2.45, 2.75) is 6.92 Å². The molecule has 1 aromatic carbocycles. The third-order valence-corrected chi connectivity index (χ3v) is 2.35. The molecule has 0 atom stereocenters. The minimum atomic E-state index is -0.510. The molecule has 2 aromatic rings. The second-order valence-corrected chi connectivity index (χ2v) is 3.22. The summed E-state index contributed by atoms with van der Waals surface area (Å²) < 4.78 is 5.10. The number of aryl methyl sites for hydroxylation is 1. The molecule has 0 saturated carbocycles. The van der Waals surface area contributed by atoms with Gasteiger partial charge in [0.05, 0.1) is 18.0 Å². The second-order valence-electron chi connectivity index (χ2n) is 3.22. The largest absolute Gasteiger partial charge is 0.496 e. The second kappa shape index (κ2) is 3.27. The van der Waals surface area contributed by atoms with Gasteiger partial charge in [-0.1, -0.05) is 0 Å². The molecule has 1 aromatic heterocycles. The number of ether oxygens (including phenoxy) is 1. The number of aromatic nitrogens is 2. The van der Waals surface area contributed by atoms with Gasteiger partial charge in [-0.25, -0.2) is 4.79 Å². The van der Waals surface area contributed by atoms with E-state index >= 15 is 0 Å². The van der Waals surface area contributed by atoms with Crippen LogP contribution in [0.25, 0.3) is 10.9 Å². The maximum Gasteiger partial charge on any atom is 0.326 e. The predicted octanol–water partition coefficient (Wildman–Crippen LogP) is 0.533. The maximum absolute atomic E-state index is 11.4. The normalized spacial score (nSPS) is 10.5. The van der Waals surface area contributed by atoms with E-state index in [9.17, 15) is 9.59 Å². The lowest BCUT2D eigenvalue weighted by atomic mass is 10.1. The van der Waals surface area contributed by atoms with E-state index in [1.54, 1.807) is 26.2 Å². The predicted molar refractivity (Wildman–Crippen MR) is 56.5 cm³/mol. The summed E-state index contributed by atoms with van der Waals surface area (Å²) in [5, 5.41) is 0.452. The molecule has 0 aliphatic carbocycles. The Hall–Kier alpha value is -2.04. The SMILES string of the molecule is COc1ccc2c(=O)[nH]c(=O)[nH]c2c1C. The van der Waals surface area contributed by atoms with Crippen molar-refractivity contribution >= 4 is 10.9 Å².